The third-order valence-electron chi connectivity index (χ3n) is 1.68. The van der Waals surface area contributed by atoms with Gasteiger partial charge in [-0.1, -0.05) is 17.0 Å². The summed E-state index contributed by atoms with van der Waals surface area (Å²) in [6.07, 6.45) is 0. The second-order valence-corrected chi connectivity index (χ2v) is 2.72. The van der Waals surface area contributed by atoms with Crippen molar-refractivity contribution in [1.82, 2.24) is 0 Å². The fraction of sp³-hybridized carbons (Fsp3) is 0.111. The lowest BCUT2D eigenvalue weighted by Crippen LogP contribution is -1.93. The molecule has 1 aromatic rings. The maximum Gasteiger partial charge on any atom is 0.270 e. The predicted octanol–water partition coefficient (Wildman–Crippen LogP) is 1.84. The van der Waals surface area contributed by atoms with Gasteiger partial charge in [0.05, 0.1) is 17.0 Å². The van der Waals surface area contributed by atoms with E-state index in [2.05, 4.69) is 21.9 Å². The van der Waals surface area contributed by atoms with E-state index in [0.717, 1.165) is 0 Å². The molecule has 0 unspecified atom stereocenters. The third kappa shape index (κ3) is 2.90. The third-order valence-corrected chi connectivity index (χ3v) is 1.68. The number of hydrogen-bond donors (Lipinski definition) is 1. The van der Waals surface area contributed by atoms with Crippen LogP contribution in [-0.4, -0.2) is 11.5 Å². The second-order valence-electron chi connectivity index (χ2n) is 2.72. The molecule has 0 aliphatic heterocycles. The number of rotatable bonds is 2. The Kier molecular flexibility index (Phi) is 3.72. The summed E-state index contributed by atoms with van der Waals surface area (Å²) in [5.41, 5.74) is 14.2. The van der Waals surface area contributed by atoms with Gasteiger partial charge < -0.3 is 5.73 Å². The van der Waals surface area contributed by atoms with Crippen LogP contribution in [0, 0.1) is 22.0 Å². The lowest BCUT2D eigenvalue weighted by atomic mass is 10.1. The summed E-state index contributed by atoms with van der Waals surface area (Å²) >= 11 is 0. The summed E-state index contributed by atoms with van der Waals surface area (Å²) in [6.45, 7) is -0.00136. The molecular weight excluding hydrogens is 210 g/mol. The van der Waals surface area contributed by atoms with Gasteiger partial charge in [-0.05, 0) is 11.6 Å². The van der Waals surface area contributed by atoms with E-state index in [9.17, 15) is 10.1 Å². The van der Waals surface area contributed by atoms with Crippen LogP contribution in [0.4, 0.5) is 11.4 Å². The van der Waals surface area contributed by atoms with Crippen LogP contribution in [0.3, 0.4) is 0 Å². The summed E-state index contributed by atoms with van der Waals surface area (Å²) in [4.78, 5) is 12.5. The molecule has 0 aliphatic rings. The van der Waals surface area contributed by atoms with Gasteiger partial charge in [0.25, 0.3) is 5.69 Å². The molecule has 0 spiro atoms. The Morgan fingerprint density at radius 2 is 2.38 bits per heavy atom. The minimum Gasteiger partial charge on any atom is -0.398 e. The average Bonchev–Trinajstić information content (AvgIpc) is 2.26. The number of benzene rings is 1. The lowest BCUT2D eigenvalue weighted by molar-refractivity contribution is -0.384. The van der Waals surface area contributed by atoms with Gasteiger partial charge in [0.1, 0.15) is 0 Å². The van der Waals surface area contributed by atoms with Crippen molar-refractivity contribution in [3.8, 4) is 11.8 Å². The Hall–Kier alpha value is -2.71. The van der Waals surface area contributed by atoms with Crippen LogP contribution in [-0.2, 0) is 0 Å². The molecule has 0 bridgehead atoms. The van der Waals surface area contributed by atoms with E-state index >= 15 is 0 Å². The highest BCUT2D eigenvalue weighted by molar-refractivity contribution is 5.60. The highest BCUT2D eigenvalue weighted by atomic mass is 16.6. The van der Waals surface area contributed by atoms with Crippen LogP contribution >= 0.6 is 0 Å². The van der Waals surface area contributed by atoms with E-state index < -0.39 is 4.92 Å². The SMILES string of the molecule is [N-]=[N+]=NCC#Cc1cc([N+](=O)[O-])ccc1N. The Bertz CT molecular complexity index is 522. The van der Waals surface area contributed by atoms with Crippen molar-refractivity contribution in [1.29, 1.82) is 0 Å². The summed E-state index contributed by atoms with van der Waals surface area (Å²) in [7, 11) is 0. The molecule has 16 heavy (non-hydrogen) atoms. The first kappa shape index (κ1) is 11.4. The van der Waals surface area contributed by atoms with Crippen LogP contribution in [0.15, 0.2) is 23.3 Å². The monoisotopic (exact) mass is 217 g/mol. The molecule has 7 nitrogen and oxygen atoms in total. The van der Waals surface area contributed by atoms with Crippen LogP contribution in [0.5, 0.6) is 0 Å². The molecule has 0 saturated carbocycles. The van der Waals surface area contributed by atoms with E-state index in [1.54, 1.807) is 0 Å². The average molecular weight is 217 g/mol. The highest BCUT2D eigenvalue weighted by Gasteiger charge is 2.06. The number of nitro groups is 1. The van der Waals surface area contributed by atoms with E-state index in [1.165, 1.54) is 18.2 Å². The topological polar surface area (TPSA) is 118 Å². The Balaban J connectivity index is 3.01. The predicted molar refractivity (Wildman–Crippen MR) is 58.4 cm³/mol. The molecule has 1 rings (SSSR count). The van der Waals surface area contributed by atoms with Crippen molar-refractivity contribution < 1.29 is 4.92 Å². The van der Waals surface area contributed by atoms with Gasteiger partial charge in [-0.3, -0.25) is 10.1 Å². The first-order valence-electron chi connectivity index (χ1n) is 4.19. The van der Waals surface area contributed by atoms with Gasteiger partial charge in [0.2, 0.25) is 0 Å². The van der Waals surface area contributed by atoms with E-state index in [-0.39, 0.29) is 12.2 Å². The highest BCUT2D eigenvalue weighted by Crippen LogP contribution is 2.18. The van der Waals surface area contributed by atoms with E-state index in [0.29, 0.717) is 11.3 Å². The Labute approximate surface area is 90.7 Å². The van der Waals surface area contributed by atoms with Crippen molar-refractivity contribution in [2.45, 2.75) is 0 Å². The molecule has 0 amide bonds. The zero-order valence-electron chi connectivity index (χ0n) is 8.12. The maximum atomic E-state index is 10.5. The number of azide groups is 1. The molecule has 0 radical (unpaired) electrons. The minimum atomic E-state index is -0.530. The molecule has 0 aromatic heterocycles. The molecule has 2 N–H and O–H groups in total. The van der Waals surface area contributed by atoms with Crippen molar-refractivity contribution >= 4 is 11.4 Å². The second kappa shape index (κ2) is 5.24. The number of anilines is 1. The minimum absolute atomic E-state index is 0.00136. The molecular formula is C9H7N5O2. The molecule has 0 heterocycles. The summed E-state index contributed by atoms with van der Waals surface area (Å²) < 4.78 is 0. The van der Waals surface area contributed by atoms with Crippen molar-refractivity contribution in [2.75, 3.05) is 12.3 Å². The van der Waals surface area contributed by atoms with Crippen LogP contribution < -0.4 is 5.73 Å². The molecule has 7 heteroatoms. The molecule has 0 aliphatic carbocycles. The first-order chi connectivity index (χ1) is 7.65. The van der Waals surface area contributed by atoms with Crippen molar-refractivity contribution in [3.05, 3.63) is 44.3 Å². The summed E-state index contributed by atoms with van der Waals surface area (Å²) in [6, 6.07) is 3.99. The fourth-order valence-electron chi connectivity index (χ4n) is 0.968. The van der Waals surface area contributed by atoms with Gasteiger partial charge in [-0.15, -0.1) is 0 Å². The molecule has 1 aromatic carbocycles. The number of nitrogens with two attached hydrogens (primary N) is 1. The first-order valence-corrected chi connectivity index (χ1v) is 4.19. The van der Waals surface area contributed by atoms with E-state index in [4.69, 9.17) is 11.3 Å². The number of hydrogen-bond acceptors (Lipinski definition) is 4. The standard InChI is InChI=1S/C9H7N5O2/c10-9-4-3-8(14(15)16)6-7(9)2-1-5-12-13-11/h3-4,6H,5,10H2. The van der Waals surface area contributed by atoms with Crippen LogP contribution in [0.1, 0.15) is 5.56 Å². The van der Waals surface area contributed by atoms with Gasteiger partial charge in [0.15, 0.2) is 0 Å². The van der Waals surface area contributed by atoms with Gasteiger partial charge in [-0.2, -0.15) is 0 Å². The normalized spacial score (nSPS) is 8.50. The maximum absolute atomic E-state index is 10.5. The smallest absolute Gasteiger partial charge is 0.270 e. The summed E-state index contributed by atoms with van der Waals surface area (Å²) in [5, 5.41) is 13.7. The zero-order chi connectivity index (χ0) is 12.0. The molecule has 80 valence electrons. The van der Waals surface area contributed by atoms with Gasteiger partial charge >= 0.3 is 0 Å². The quantitative estimate of drug-likeness (QED) is 0.155. The number of nitrogen functional groups attached to an aromatic ring is 1. The summed E-state index contributed by atoms with van der Waals surface area (Å²) in [5.74, 6) is 5.14. The zero-order valence-corrected chi connectivity index (χ0v) is 8.12. The Morgan fingerprint density at radius 1 is 1.62 bits per heavy atom. The molecule has 0 atom stereocenters. The largest absolute Gasteiger partial charge is 0.398 e. The van der Waals surface area contributed by atoms with Gasteiger partial charge in [-0.25, -0.2) is 0 Å². The van der Waals surface area contributed by atoms with Crippen LogP contribution in [0.25, 0.3) is 10.4 Å². The van der Waals surface area contributed by atoms with Crippen molar-refractivity contribution in [2.24, 2.45) is 5.11 Å². The molecule has 0 fully saturated rings. The Morgan fingerprint density at radius 3 is 3.00 bits per heavy atom. The van der Waals surface area contributed by atoms with E-state index in [1.807, 2.05) is 0 Å². The fourth-order valence-corrected chi connectivity index (χ4v) is 0.968. The van der Waals surface area contributed by atoms with Crippen LogP contribution in [0.2, 0.25) is 0 Å². The number of non-ortho nitro benzene ring substituents is 1. The molecule has 0 saturated heterocycles. The number of nitro benzene ring substituents is 1. The van der Waals surface area contributed by atoms with Gasteiger partial charge in [0, 0.05) is 22.7 Å². The van der Waals surface area contributed by atoms with Crippen molar-refractivity contribution in [3.63, 3.8) is 0 Å². The number of nitrogens with zero attached hydrogens (tertiary/aromatic N) is 4. The lowest BCUT2D eigenvalue weighted by Gasteiger charge is -1.97.